The molecule has 2 rings (SSSR count). The van der Waals surface area contributed by atoms with Crippen LogP contribution in [0.4, 0.5) is 0 Å². The fraction of sp³-hybridized carbons (Fsp3) is 0.333. The highest BCUT2D eigenvalue weighted by atomic mass is 79.9. The van der Waals surface area contributed by atoms with E-state index in [0.29, 0.717) is 0 Å². The van der Waals surface area contributed by atoms with E-state index < -0.39 is 6.10 Å². The first-order chi connectivity index (χ1) is 9.11. The molecule has 1 N–H and O–H groups in total. The number of thiophene rings is 1. The summed E-state index contributed by atoms with van der Waals surface area (Å²) < 4.78 is 2.01. The van der Waals surface area contributed by atoms with Crippen LogP contribution in [-0.4, -0.2) is 5.11 Å². The first-order valence-corrected chi connectivity index (χ1v) is 8.73. The van der Waals surface area contributed by atoms with Gasteiger partial charge >= 0.3 is 0 Å². The fourth-order valence-electron chi connectivity index (χ4n) is 1.91. The van der Waals surface area contributed by atoms with Gasteiger partial charge in [0.05, 0.1) is 3.79 Å². The SMILES string of the molecule is CCCCc1ccc(C(O)c2cc(Br)c(Br)s2)cc1. The number of rotatable bonds is 5. The van der Waals surface area contributed by atoms with Crippen LogP contribution >= 0.6 is 43.2 Å². The second-order valence-corrected chi connectivity index (χ2v) is 7.77. The van der Waals surface area contributed by atoms with Gasteiger partial charge in [-0.05, 0) is 61.9 Å². The van der Waals surface area contributed by atoms with Crippen molar-refractivity contribution in [1.82, 2.24) is 0 Å². The van der Waals surface area contributed by atoms with Crippen LogP contribution in [0.25, 0.3) is 0 Å². The van der Waals surface area contributed by atoms with Crippen LogP contribution in [0.3, 0.4) is 0 Å². The van der Waals surface area contributed by atoms with E-state index >= 15 is 0 Å². The van der Waals surface area contributed by atoms with E-state index in [1.54, 1.807) is 11.3 Å². The predicted octanol–water partition coefficient (Wildman–Crippen LogP) is 5.70. The second kappa shape index (κ2) is 7.02. The van der Waals surface area contributed by atoms with Gasteiger partial charge in [-0.1, -0.05) is 37.6 Å². The largest absolute Gasteiger partial charge is 0.383 e. The van der Waals surface area contributed by atoms with Crippen molar-refractivity contribution >= 4 is 43.2 Å². The molecule has 0 fully saturated rings. The summed E-state index contributed by atoms with van der Waals surface area (Å²) >= 11 is 8.46. The lowest BCUT2D eigenvalue weighted by Crippen LogP contribution is -1.97. The molecule has 1 aromatic carbocycles. The fourth-order valence-corrected chi connectivity index (χ4v) is 4.01. The minimum atomic E-state index is -0.548. The highest BCUT2D eigenvalue weighted by Gasteiger charge is 2.14. The average Bonchev–Trinajstić information content (AvgIpc) is 2.76. The van der Waals surface area contributed by atoms with Gasteiger partial charge in [0.25, 0.3) is 0 Å². The maximum Gasteiger partial charge on any atom is 0.113 e. The molecule has 1 unspecified atom stereocenters. The van der Waals surface area contributed by atoms with Crippen molar-refractivity contribution in [2.75, 3.05) is 0 Å². The quantitative estimate of drug-likeness (QED) is 0.678. The van der Waals surface area contributed by atoms with E-state index in [1.807, 2.05) is 18.2 Å². The Labute approximate surface area is 134 Å². The summed E-state index contributed by atoms with van der Waals surface area (Å²) in [5, 5.41) is 10.4. The summed E-state index contributed by atoms with van der Waals surface area (Å²) in [5.74, 6) is 0. The number of hydrogen-bond donors (Lipinski definition) is 1. The summed E-state index contributed by atoms with van der Waals surface area (Å²) in [4.78, 5) is 0.944. The van der Waals surface area contributed by atoms with Gasteiger partial charge in [0.15, 0.2) is 0 Å². The van der Waals surface area contributed by atoms with Gasteiger partial charge < -0.3 is 5.11 Å². The van der Waals surface area contributed by atoms with Crippen molar-refractivity contribution in [3.05, 3.63) is 54.6 Å². The average molecular weight is 404 g/mol. The van der Waals surface area contributed by atoms with Crippen molar-refractivity contribution in [1.29, 1.82) is 0 Å². The predicted molar refractivity (Wildman–Crippen MR) is 88.8 cm³/mol. The molecule has 1 atom stereocenters. The maximum atomic E-state index is 10.4. The Hall–Kier alpha value is -0.160. The molecule has 0 aliphatic heterocycles. The molecule has 0 radical (unpaired) electrons. The third-order valence-electron chi connectivity index (χ3n) is 3.05. The van der Waals surface area contributed by atoms with Crippen LogP contribution in [0.5, 0.6) is 0 Å². The summed E-state index contributed by atoms with van der Waals surface area (Å²) in [6.07, 6.45) is 2.99. The van der Waals surface area contributed by atoms with Crippen molar-refractivity contribution < 1.29 is 5.11 Å². The lowest BCUT2D eigenvalue weighted by molar-refractivity contribution is 0.224. The number of unbranched alkanes of at least 4 members (excludes halogenated alkanes) is 1. The molecular formula is C15H16Br2OS. The van der Waals surface area contributed by atoms with E-state index in [1.165, 1.54) is 18.4 Å². The Kier molecular flexibility index (Phi) is 5.63. The highest BCUT2D eigenvalue weighted by molar-refractivity contribution is 9.13. The van der Waals surface area contributed by atoms with Crippen LogP contribution in [0.15, 0.2) is 38.6 Å². The molecule has 0 aliphatic rings. The maximum absolute atomic E-state index is 10.4. The Bertz CT molecular complexity index is 514. The number of aliphatic hydroxyl groups is 1. The number of aliphatic hydroxyl groups excluding tert-OH is 1. The first kappa shape index (κ1) is 15.2. The van der Waals surface area contributed by atoms with E-state index in [9.17, 15) is 5.11 Å². The number of halogens is 2. The van der Waals surface area contributed by atoms with Gasteiger partial charge in [0.1, 0.15) is 6.10 Å². The minimum absolute atomic E-state index is 0.548. The third kappa shape index (κ3) is 3.91. The standard InChI is InChI=1S/C15H16Br2OS/c1-2-3-4-10-5-7-11(8-6-10)14(18)13-9-12(16)15(17)19-13/h5-9,14,18H,2-4H2,1H3. The highest BCUT2D eigenvalue weighted by Crippen LogP contribution is 2.37. The van der Waals surface area contributed by atoms with Gasteiger partial charge in [-0.2, -0.15) is 0 Å². The van der Waals surface area contributed by atoms with Crippen molar-refractivity contribution in [3.63, 3.8) is 0 Å². The molecule has 19 heavy (non-hydrogen) atoms. The van der Waals surface area contributed by atoms with Crippen molar-refractivity contribution in [2.45, 2.75) is 32.3 Å². The van der Waals surface area contributed by atoms with Crippen LogP contribution in [0, 0.1) is 0 Å². The molecular weight excluding hydrogens is 388 g/mol. The first-order valence-electron chi connectivity index (χ1n) is 6.33. The zero-order valence-corrected chi connectivity index (χ0v) is 14.7. The molecule has 0 saturated heterocycles. The lowest BCUT2D eigenvalue weighted by Gasteiger charge is -2.09. The smallest absolute Gasteiger partial charge is 0.113 e. The van der Waals surface area contributed by atoms with Gasteiger partial charge in [0.2, 0.25) is 0 Å². The van der Waals surface area contributed by atoms with E-state index in [2.05, 4.69) is 50.9 Å². The Balaban J connectivity index is 2.13. The summed E-state index contributed by atoms with van der Waals surface area (Å²) in [6, 6.07) is 10.2. The molecule has 0 bridgehead atoms. The van der Waals surface area contributed by atoms with Gasteiger partial charge in [-0.15, -0.1) is 11.3 Å². The minimum Gasteiger partial charge on any atom is -0.383 e. The van der Waals surface area contributed by atoms with Crippen LogP contribution in [0.2, 0.25) is 0 Å². The van der Waals surface area contributed by atoms with Crippen LogP contribution in [0.1, 0.15) is 41.9 Å². The van der Waals surface area contributed by atoms with Crippen LogP contribution in [-0.2, 0) is 6.42 Å². The number of aryl methyl sites for hydroxylation is 1. The zero-order chi connectivity index (χ0) is 13.8. The molecule has 1 aromatic heterocycles. The number of benzene rings is 1. The van der Waals surface area contributed by atoms with Crippen molar-refractivity contribution in [3.8, 4) is 0 Å². The Morgan fingerprint density at radius 1 is 1.21 bits per heavy atom. The zero-order valence-electron chi connectivity index (χ0n) is 10.7. The lowest BCUT2D eigenvalue weighted by atomic mass is 10.0. The van der Waals surface area contributed by atoms with Gasteiger partial charge in [-0.25, -0.2) is 0 Å². The molecule has 2 aromatic rings. The Morgan fingerprint density at radius 2 is 1.89 bits per heavy atom. The molecule has 1 heterocycles. The molecule has 0 saturated carbocycles. The summed E-state index contributed by atoms with van der Waals surface area (Å²) in [6.45, 7) is 2.20. The second-order valence-electron chi connectivity index (χ2n) is 4.52. The third-order valence-corrected chi connectivity index (χ3v) is 6.36. The molecule has 0 spiro atoms. The molecule has 4 heteroatoms. The molecule has 102 valence electrons. The van der Waals surface area contributed by atoms with Gasteiger partial charge in [-0.3, -0.25) is 0 Å². The van der Waals surface area contributed by atoms with Crippen molar-refractivity contribution in [2.24, 2.45) is 0 Å². The Morgan fingerprint density at radius 3 is 2.42 bits per heavy atom. The number of hydrogen-bond acceptors (Lipinski definition) is 2. The topological polar surface area (TPSA) is 20.2 Å². The van der Waals surface area contributed by atoms with Crippen LogP contribution < -0.4 is 0 Å². The summed E-state index contributed by atoms with van der Waals surface area (Å²) in [7, 11) is 0. The normalized spacial score (nSPS) is 12.6. The van der Waals surface area contributed by atoms with E-state index in [0.717, 1.165) is 25.1 Å². The van der Waals surface area contributed by atoms with E-state index in [4.69, 9.17) is 0 Å². The molecule has 0 amide bonds. The molecule has 0 aliphatic carbocycles. The summed E-state index contributed by atoms with van der Waals surface area (Å²) in [5.41, 5.74) is 2.29. The van der Waals surface area contributed by atoms with E-state index in [-0.39, 0.29) is 0 Å². The monoisotopic (exact) mass is 402 g/mol. The van der Waals surface area contributed by atoms with Gasteiger partial charge in [0, 0.05) is 9.35 Å². The molecule has 1 nitrogen and oxygen atoms in total.